The van der Waals surface area contributed by atoms with Crippen LogP contribution in [-0.2, 0) is 6.54 Å². The van der Waals surface area contributed by atoms with Crippen LogP contribution in [-0.4, -0.2) is 26.8 Å². The number of aromatic nitrogens is 4. The standard InChI is InChI=1S/C19H18N4O2/c1-3-9-23-12-20-16-8-7-13(11-17(16)23)18-21-19(25-22-18)14-5-4-6-15(10-14)24-2/h4-8,10-12H,3,9H2,1-2H3. The van der Waals surface area contributed by atoms with Crippen molar-refractivity contribution in [1.82, 2.24) is 19.7 Å². The Morgan fingerprint density at radius 2 is 2.04 bits per heavy atom. The average Bonchev–Trinajstić information content (AvgIpc) is 3.29. The number of nitrogens with zero attached hydrogens (tertiary/aromatic N) is 4. The smallest absolute Gasteiger partial charge is 0.258 e. The average molecular weight is 334 g/mol. The molecule has 0 aliphatic rings. The zero-order chi connectivity index (χ0) is 17.2. The predicted molar refractivity (Wildman–Crippen MR) is 95.3 cm³/mol. The number of rotatable bonds is 5. The first-order valence-corrected chi connectivity index (χ1v) is 8.22. The van der Waals surface area contributed by atoms with E-state index in [1.807, 2.05) is 42.7 Å². The first-order chi connectivity index (χ1) is 12.3. The summed E-state index contributed by atoms with van der Waals surface area (Å²) in [6, 6.07) is 13.6. The molecule has 0 atom stereocenters. The van der Waals surface area contributed by atoms with Crippen LogP contribution in [0.2, 0.25) is 0 Å². The Morgan fingerprint density at radius 1 is 1.12 bits per heavy atom. The van der Waals surface area contributed by atoms with Crippen LogP contribution in [0.3, 0.4) is 0 Å². The molecule has 2 aromatic heterocycles. The van der Waals surface area contributed by atoms with Gasteiger partial charge in [-0.3, -0.25) is 0 Å². The molecule has 0 aliphatic heterocycles. The quantitative estimate of drug-likeness (QED) is 0.548. The minimum absolute atomic E-state index is 0.469. The van der Waals surface area contributed by atoms with Crippen molar-refractivity contribution in [3.8, 4) is 28.6 Å². The van der Waals surface area contributed by atoms with Gasteiger partial charge in [0.25, 0.3) is 5.89 Å². The summed E-state index contributed by atoms with van der Waals surface area (Å²) in [5.41, 5.74) is 3.78. The highest BCUT2D eigenvalue weighted by Gasteiger charge is 2.13. The molecule has 25 heavy (non-hydrogen) atoms. The number of imidazole rings is 1. The summed E-state index contributed by atoms with van der Waals surface area (Å²) >= 11 is 0. The summed E-state index contributed by atoms with van der Waals surface area (Å²) in [4.78, 5) is 8.96. The van der Waals surface area contributed by atoms with Crippen molar-refractivity contribution in [2.45, 2.75) is 19.9 Å². The topological polar surface area (TPSA) is 66.0 Å². The molecule has 2 aromatic carbocycles. The first kappa shape index (κ1) is 15.4. The first-order valence-electron chi connectivity index (χ1n) is 8.22. The van der Waals surface area contributed by atoms with Gasteiger partial charge in [0.05, 0.1) is 24.5 Å². The van der Waals surface area contributed by atoms with E-state index in [9.17, 15) is 0 Å². The lowest BCUT2D eigenvalue weighted by molar-refractivity contribution is 0.413. The molecule has 0 fully saturated rings. The molecule has 0 N–H and O–H groups in total. The number of ether oxygens (including phenoxy) is 1. The molecule has 4 rings (SSSR count). The van der Waals surface area contributed by atoms with Crippen molar-refractivity contribution >= 4 is 11.0 Å². The molecule has 6 heteroatoms. The van der Waals surface area contributed by atoms with Crippen LogP contribution in [0.5, 0.6) is 5.75 Å². The highest BCUT2D eigenvalue weighted by Crippen LogP contribution is 2.26. The molecule has 0 saturated carbocycles. The van der Waals surface area contributed by atoms with Gasteiger partial charge in [-0.05, 0) is 42.8 Å². The lowest BCUT2D eigenvalue weighted by Gasteiger charge is -2.02. The van der Waals surface area contributed by atoms with Crippen molar-refractivity contribution in [2.75, 3.05) is 7.11 Å². The van der Waals surface area contributed by atoms with Crippen molar-refractivity contribution in [2.24, 2.45) is 0 Å². The number of hydrogen-bond donors (Lipinski definition) is 0. The van der Waals surface area contributed by atoms with Crippen molar-refractivity contribution in [1.29, 1.82) is 0 Å². The lowest BCUT2D eigenvalue weighted by atomic mass is 10.2. The normalized spacial score (nSPS) is 11.1. The molecule has 0 spiro atoms. The van der Waals surface area contributed by atoms with Gasteiger partial charge in [0.1, 0.15) is 5.75 Å². The van der Waals surface area contributed by atoms with Crippen LogP contribution in [0, 0.1) is 0 Å². The van der Waals surface area contributed by atoms with Gasteiger partial charge in [0.15, 0.2) is 0 Å². The minimum atomic E-state index is 0.469. The van der Waals surface area contributed by atoms with Gasteiger partial charge < -0.3 is 13.8 Å². The van der Waals surface area contributed by atoms with E-state index in [4.69, 9.17) is 9.26 Å². The number of hydrogen-bond acceptors (Lipinski definition) is 5. The highest BCUT2D eigenvalue weighted by atomic mass is 16.5. The third-order valence-corrected chi connectivity index (χ3v) is 4.09. The maximum Gasteiger partial charge on any atom is 0.258 e. The summed E-state index contributed by atoms with van der Waals surface area (Å²) < 4.78 is 12.8. The van der Waals surface area contributed by atoms with Crippen LogP contribution in [0.1, 0.15) is 13.3 Å². The third kappa shape index (κ3) is 2.87. The fourth-order valence-corrected chi connectivity index (χ4v) is 2.83. The maximum atomic E-state index is 5.44. The molecule has 0 amide bonds. The second-order valence-electron chi connectivity index (χ2n) is 5.80. The van der Waals surface area contributed by atoms with E-state index in [1.165, 1.54) is 0 Å². The minimum Gasteiger partial charge on any atom is -0.497 e. The van der Waals surface area contributed by atoms with E-state index in [-0.39, 0.29) is 0 Å². The summed E-state index contributed by atoms with van der Waals surface area (Å²) in [6.45, 7) is 3.08. The molecule has 0 saturated heterocycles. The van der Waals surface area contributed by atoms with Crippen LogP contribution in [0.15, 0.2) is 53.3 Å². The molecule has 0 bridgehead atoms. The lowest BCUT2D eigenvalue weighted by Crippen LogP contribution is -1.94. The van der Waals surface area contributed by atoms with Crippen molar-refractivity contribution in [3.05, 3.63) is 48.8 Å². The Kier molecular flexibility index (Phi) is 3.93. The molecule has 6 nitrogen and oxygen atoms in total. The number of aryl methyl sites for hydroxylation is 1. The van der Waals surface area contributed by atoms with E-state index < -0.39 is 0 Å². The molecule has 2 heterocycles. The van der Waals surface area contributed by atoms with Crippen LogP contribution < -0.4 is 4.74 Å². The Hall–Kier alpha value is -3.15. The van der Waals surface area contributed by atoms with Gasteiger partial charge in [-0.2, -0.15) is 4.98 Å². The Labute approximate surface area is 145 Å². The molecule has 4 aromatic rings. The SMILES string of the molecule is CCCn1cnc2ccc(-c3noc(-c4cccc(OC)c4)n3)cc21. The fourth-order valence-electron chi connectivity index (χ4n) is 2.83. The number of benzene rings is 2. The van der Waals surface area contributed by atoms with E-state index >= 15 is 0 Å². The highest BCUT2D eigenvalue weighted by molar-refractivity contribution is 5.80. The Morgan fingerprint density at radius 3 is 2.88 bits per heavy atom. The largest absolute Gasteiger partial charge is 0.497 e. The summed E-state index contributed by atoms with van der Waals surface area (Å²) in [5, 5.41) is 4.13. The monoisotopic (exact) mass is 334 g/mol. The molecule has 0 unspecified atom stereocenters. The number of fused-ring (bicyclic) bond motifs is 1. The van der Waals surface area contributed by atoms with Crippen LogP contribution in [0.4, 0.5) is 0 Å². The van der Waals surface area contributed by atoms with Crippen LogP contribution >= 0.6 is 0 Å². The molecule has 0 radical (unpaired) electrons. The van der Waals surface area contributed by atoms with Gasteiger partial charge in [0.2, 0.25) is 5.82 Å². The molecule has 126 valence electrons. The Bertz CT molecular complexity index is 1020. The van der Waals surface area contributed by atoms with Crippen LogP contribution in [0.25, 0.3) is 33.9 Å². The second-order valence-corrected chi connectivity index (χ2v) is 5.80. The van der Waals surface area contributed by atoms with Gasteiger partial charge in [-0.1, -0.05) is 18.1 Å². The second kappa shape index (κ2) is 6.39. The summed E-state index contributed by atoms with van der Waals surface area (Å²) in [7, 11) is 1.63. The summed E-state index contributed by atoms with van der Waals surface area (Å²) in [6.07, 6.45) is 2.92. The molecular formula is C19H18N4O2. The maximum absolute atomic E-state index is 5.44. The van der Waals surface area contributed by atoms with Gasteiger partial charge in [-0.15, -0.1) is 0 Å². The Balaban J connectivity index is 1.71. The van der Waals surface area contributed by atoms with Crippen molar-refractivity contribution in [3.63, 3.8) is 0 Å². The fraction of sp³-hybridized carbons (Fsp3) is 0.211. The van der Waals surface area contributed by atoms with E-state index in [2.05, 4.69) is 32.7 Å². The van der Waals surface area contributed by atoms with E-state index in [0.29, 0.717) is 11.7 Å². The van der Waals surface area contributed by atoms with Gasteiger partial charge in [0, 0.05) is 17.7 Å². The third-order valence-electron chi connectivity index (χ3n) is 4.09. The van der Waals surface area contributed by atoms with E-state index in [0.717, 1.165) is 40.9 Å². The predicted octanol–water partition coefficient (Wildman–Crippen LogP) is 4.17. The van der Waals surface area contributed by atoms with Crippen molar-refractivity contribution < 1.29 is 9.26 Å². The molecular weight excluding hydrogens is 316 g/mol. The zero-order valence-corrected chi connectivity index (χ0v) is 14.1. The van der Waals surface area contributed by atoms with Gasteiger partial charge in [-0.25, -0.2) is 4.98 Å². The summed E-state index contributed by atoms with van der Waals surface area (Å²) in [5.74, 6) is 1.78. The number of methoxy groups -OCH3 is 1. The molecule has 0 aliphatic carbocycles. The van der Waals surface area contributed by atoms with Gasteiger partial charge >= 0.3 is 0 Å². The zero-order valence-electron chi connectivity index (χ0n) is 14.1. The van der Waals surface area contributed by atoms with E-state index in [1.54, 1.807) is 7.11 Å².